The van der Waals surface area contributed by atoms with Crippen molar-refractivity contribution in [3.63, 3.8) is 0 Å². The van der Waals surface area contributed by atoms with Gasteiger partial charge in [-0.1, -0.05) is 0 Å². The zero-order valence-corrected chi connectivity index (χ0v) is 15.8. The van der Waals surface area contributed by atoms with Crippen molar-refractivity contribution < 1.29 is 23.4 Å². The number of pyridine rings is 1. The molecule has 2 heterocycles. The van der Waals surface area contributed by atoms with Crippen LogP contribution in [0.2, 0.25) is 0 Å². The Hall–Kier alpha value is -2.14. The molecule has 2 aromatic heterocycles. The molecular weight excluding hydrogens is 418 g/mol. The Kier molecular flexibility index (Phi) is 5.91. The van der Waals surface area contributed by atoms with Gasteiger partial charge < -0.3 is 9.84 Å². The molecule has 0 saturated heterocycles. The van der Waals surface area contributed by atoms with Gasteiger partial charge in [0, 0.05) is 5.39 Å². The number of nitrogens with zero attached hydrogens (tertiary/aromatic N) is 3. The number of anilines is 1. The summed E-state index contributed by atoms with van der Waals surface area (Å²) in [4.78, 5) is 29.3. The third kappa shape index (κ3) is 4.52. The lowest BCUT2D eigenvalue weighted by atomic mass is 10.1. The fourth-order valence-corrected chi connectivity index (χ4v) is 2.60. The van der Waals surface area contributed by atoms with E-state index in [0.717, 1.165) is 0 Å². The molecule has 0 bridgehead atoms. The molecule has 0 fully saturated rings. The number of halogens is 3. The van der Waals surface area contributed by atoms with Crippen LogP contribution in [0.5, 0.6) is 0 Å². The van der Waals surface area contributed by atoms with Crippen LogP contribution in [0.25, 0.3) is 10.8 Å². The highest BCUT2D eigenvalue weighted by molar-refractivity contribution is 9.10. The zero-order valence-electron chi connectivity index (χ0n) is 14.2. The van der Waals surface area contributed by atoms with E-state index in [1.54, 1.807) is 20.8 Å². The number of H-pyrrole nitrogens is 1. The van der Waals surface area contributed by atoms with Crippen LogP contribution in [0.3, 0.4) is 0 Å². The van der Waals surface area contributed by atoms with E-state index in [-0.39, 0.29) is 26.9 Å². The number of rotatable bonds is 4. The highest BCUT2D eigenvalue weighted by Gasteiger charge is 2.29. The number of nitrogens with one attached hydrogen (secondary N) is 1. The van der Waals surface area contributed by atoms with Crippen molar-refractivity contribution in [2.24, 2.45) is 0 Å². The average Bonchev–Trinajstić information content (AvgIpc) is 2.50. The first-order valence-corrected chi connectivity index (χ1v) is 8.30. The molecule has 1 amide bonds. The van der Waals surface area contributed by atoms with E-state index in [0.29, 0.717) is 4.90 Å². The average molecular weight is 435 g/mol. The number of aromatic nitrogens is 3. The van der Waals surface area contributed by atoms with Crippen molar-refractivity contribution in [2.45, 2.75) is 39.4 Å². The van der Waals surface area contributed by atoms with E-state index in [9.17, 15) is 23.5 Å². The second-order valence-electron chi connectivity index (χ2n) is 6.33. The van der Waals surface area contributed by atoms with Crippen molar-refractivity contribution in [3.05, 3.63) is 26.7 Å². The number of amides is 1. The van der Waals surface area contributed by atoms with Gasteiger partial charge in [0.05, 0.1) is 24.2 Å². The largest absolute Gasteiger partial charge is 0.443 e. The van der Waals surface area contributed by atoms with Gasteiger partial charge in [0.25, 0.3) is 12.0 Å². The number of hydrogen-bond acceptors (Lipinski definition) is 6. The summed E-state index contributed by atoms with van der Waals surface area (Å²) in [6.07, 6.45) is -3.97. The van der Waals surface area contributed by atoms with Gasteiger partial charge >= 0.3 is 6.09 Å². The summed E-state index contributed by atoms with van der Waals surface area (Å²) in [5, 5.41) is 15.3. The van der Waals surface area contributed by atoms with Gasteiger partial charge in [-0.2, -0.15) is 5.10 Å². The lowest BCUT2D eigenvalue weighted by Gasteiger charge is -2.27. The molecule has 0 radical (unpaired) electrons. The van der Waals surface area contributed by atoms with Crippen molar-refractivity contribution >= 4 is 38.6 Å². The maximum absolute atomic E-state index is 13.1. The molecule has 11 heteroatoms. The lowest BCUT2D eigenvalue weighted by Crippen LogP contribution is -2.40. The molecule has 2 N–H and O–H groups in total. The first-order chi connectivity index (χ1) is 12.0. The second kappa shape index (κ2) is 7.62. The monoisotopic (exact) mass is 434 g/mol. The summed E-state index contributed by atoms with van der Waals surface area (Å²) in [6.45, 7) is 3.21. The Morgan fingerprint density at radius 3 is 2.65 bits per heavy atom. The fraction of sp³-hybridized carbons (Fsp3) is 0.467. The summed E-state index contributed by atoms with van der Waals surface area (Å²) < 4.78 is 31.5. The number of aliphatic hydroxyl groups excluding tert-OH is 1. The number of alkyl halides is 2. The molecule has 0 aromatic carbocycles. The van der Waals surface area contributed by atoms with Gasteiger partial charge in [-0.15, -0.1) is 0 Å². The lowest BCUT2D eigenvalue weighted by molar-refractivity contribution is 0.0542. The molecule has 2 aromatic rings. The Labute approximate surface area is 155 Å². The smallest absolute Gasteiger partial charge is 0.416 e. The Morgan fingerprint density at radius 2 is 2.12 bits per heavy atom. The van der Waals surface area contributed by atoms with Gasteiger partial charge in [-0.25, -0.2) is 23.7 Å². The van der Waals surface area contributed by atoms with Crippen LogP contribution in [0.4, 0.5) is 19.4 Å². The molecule has 0 saturated carbocycles. The number of aliphatic hydroxyl groups is 1. The topological polar surface area (TPSA) is 108 Å². The summed E-state index contributed by atoms with van der Waals surface area (Å²) in [5.74, 6) is -0.317. The molecule has 0 aliphatic carbocycles. The van der Waals surface area contributed by atoms with Crippen molar-refractivity contribution in [2.75, 3.05) is 11.4 Å². The van der Waals surface area contributed by atoms with E-state index in [4.69, 9.17) is 4.74 Å². The normalized spacial score (nSPS) is 11.8. The van der Waals surface area contributed by atoms with Gasteiger partial charge in [0.1, 0.15) is 10.2 Å². The van der Waals surface area contributed by atoms with E-state index >= 15 is 0 Å². The Bertz CT molecular complexity index is 882. The summed E-state index contributed by atoms with van der Waals surface area (Å²) >= 11 is 3.12. The van der Waals surface area contributed by atoms with Gasteiger partial charge in [-0.05, 0) is 42.8 Å². The SMILES string of the molecule is CC(C)(C)OC(=O)N(CC(F)F)c1nc(Br)cc2c(CO)n[nH]c(=O)c12. The fourth-order valence-electron chi connectivity index (χ4n) is 2.21. The Balaban J connectivity index is 2.73. The third-order valence-corrected chi connectivity index (χ3v) is 3.55. The maximum atomic E-state index is 13.1. The number of carbonyl (C=O) groups excluding carboxylic acids is 1. The number of aromatic amines is 1. The predicted octanol–water partition coefficient (Wildman–Crippen LogP) is 2.58. The van der Waals surface area contributed by atoms with E-state index in [1.165, 1.54) is 6.07 Å². The summed E-state index contributed by atoms with van der Waals surface area (Å²) in [7, 11) is 0. The van der Waals surface area contributed by atoms with Crippen LogP contribution in [0.1, 0.15) is 26.5 Å². The molecule has 26 heavy (non-hydrogen) atoms. The molecule has 2 rings (SSSR count). The van der Waals surface area contributed by atoms with Crippen molar-refractivity contribution in [1.29, 1.82) is 0 Å². The molecule has 0 aliphatic rings. The van der Waals surface area contributed by atoms with Gasteiger partial charge in [0.2, 0.25) is 0 Å². The minimum atomic E-state index is -2.89. The van der Waals surface area contributed by atoms with Crippen LogP contribution in [-0.4, -0.2) is 45.0 Å². The molecule has 0 spiro atoms. The van der Waals surface area contributed by atoms with Crippen LogP contribution in [0, 0.1) is 0 Å². The van der Waals surface area contributed by atoms with E-state index in [1.807, 2.05) is 0 Å². The molecule has 8 nitrogen and oxygen atoms in total. The first kappa shape index (κ1) is 20.2. The van der Waals surface area contributed by atoms with Gasteiger partial charge in [0.15, 0.2) is 5.82 Å². The van der Waals surface area contributed by atoms with E-state index < -0.39 is 36.8 Å². The molecule has 142 valence electrons. The first-order valence-electron chi connectivity index (χ1n) is 7.51. The molecule has 0 aliphatic heterocycles. The molecular formula is C15H17BrF2N4O4. The van der Waals surface area contributed by atoms with Crippen LogP contribution in [-0.2, 0) is 11.3 Å². The van der Waals surface area contributed by atoms with Crippen molar-refractivity contribution in [3.8, 4) is 0 Å². The maximum Gasteiger partial charge on any atom is 0.416 e. The number of ether oxygens (including phenoxy) is 1. The quantitative estimate of drug-likeness (QED) is 0.715. The third-order valence-electron chi connectivity index (χ3n) is 3.14. The standard InChI is InChI=1S/C15H17BrF2N4O4/c1-15(2,3)26-14(25)22(5-10(17)18)12-11-7(4-9(16)19-12)8(6-23)20-21-13(11)24/h4,10,23H,5-6H2,1-3H3,(H,21,24). The van der Waals surface area contributed by atoms with Crippen LogP contribution in [0.15, 0.2) is 15.5 Å². The number of carbonyl (C=O) groups is 1. The minimum absolute atomic E-state index is 0.102. The zero-order chi connectivity index (χ0) is 19.6. The van der Waals surface area contributed by atoms with Gasteiger partial charge in [-0.3, -0.25) is 9.69 Å². The van der Waals surface area contributed by atoms with E-state index in [2.05, 4.69) is 31.1 Å². The summed E-state index contributed by atoms with van der Waals surface area (Å²) in [6, 6.07) is 1.41. The molecule has 0 atom stereocenters. The van der Waals surface area contributed by atoms with Crippen LogP contribution < -0.4 is 10.5 Å². The highest BCUT2D eigenvalue weighted by Crippen LogP contribution is 2.28. The predicted molar refractivity (Wildman–Crippen MR) is 93.4 cm³/mol. The Morgan fingerprint density at radius 1 is 1.46 bits per heavy atom. The molecule has 0 unspecified atom stereocenters. The van der Waals surface area contributed by atoms with Crippen molar-refractivity contribution in [1.82, 2.24) is 15.2 Å². The number of hydrogen-bond donors (Lipinski definition) is 2. The number of fused-ring (bicyclic) bond motifs is 1. The summed E-state index contributed by atoms with van der Waals surface area (Å²) in [5.41, 5.74) is -1.58. The second-order valence-corrected chi connectivity index (χ2v) is 7.14. The minimum Gasteiger partial charge on any atom is -0.443 e. The highest BCUT2D eigenvalue weighted by atomic mass is 79.9. The van der Waals surface area contributed by atoms with Crippen LogP contribution >= 0.6 is 15.9 Å².